The normalized spacial score (nSPS) is 16.6. The van der Waals surface area contributed by atoms with Crippen LogP contribution in [0.3, 0.4) is 0 Å². The Hall–Kier alpha value is -2.21. The van der Waals surface area contributed by atoms with Crippen molar-refractivity contribution in [1.29, 1.82) is 0 Å². The molecule has 2 N–H and O–H groups in total. The van der Waals surface area contributed by atoms with Gasteiger partial charge in [-0.15, -0.1) is 0 Å². The third kappa shape index (κ3) is 2.18. The fourth-order valence-electron chi connectivity index (χ4n) is 2.49. The molecule has 1 heterocycles. The number of rotatable bonds is 4. The summed E-state index contributed by atoms with van der Waals surface area (Å²) in [5.74, 6) is 0.695. The third-order valence-electron chi connectivity index (χ3n) is 3.89. The second kappa shape index (κ2) is 4.72. The maximum atomic E-state index is 10.7. The first-order valence-electron chi connectivity index (χ1n) is 6.56. The number of aliphatic hydroxyl groups is 1. The number of benzene rings is 1. The van der Waals surface area contributed by atoms with E-state index in [-0.39, 0.29) is 17.8 Å². The number of nitrogens with zero attached hydrogens (tertiary/aromatic N) is 2. The fraction of sp³-hybridized carbons (Fsp3) is 0.357. The highest BCUT2D eigenvalue weighted by molar-refractivity contribution is 5.82. The zero-order chi connectivity index (χ0) is 14.2. The summed E-state index contributed by atoms with van der Waals surface area (Å²) in [5, 5.41) is 24.2. The van der Waals surface area contributed by atoms with Gasteiger partial charge in [0.2, 0.25) is 0 Å². The molecule has 1 aliphatic rings. The molecule has 1 fully saturated rings. The van der Waals surface area contributed by atoms with Crippen LogP contribution in [0.2, 0.25) is 0 Å². The molecule has 0 amide bonds. The van der Waals surface area contributed by atoms with E-state index >= 15 is 0 Å². The van der Waals surface area contributed by atoms with Gasteiger partial charge in [0.25, 0.3) is 5.69 Å². The van der Waals surface area contributed by atoms with Crippen molar-refractivity contribution in [3.63, 3.8) is 0 Å². The Balaban J connectivity index is 1.91. The minimum Gasteiger partial charge on any atom is -0.394 e. The monoisotopic (exact) mass is 273 g/mol. The summed E-state index contributed by atoms with van der Waals surface area (Å²) in [6.45, 7) is 0.0903. The number of nitro groups is 1. The molecule has 0 unspecified atom stereocenters. The van der Waals surface area contributed by atoms with Crippen molar-refractivity contribution in [2.24, 2.45) is 0 Å². The molecular formula is C14H15N3O3. The number of anilines is 1. The first-order valence-corrected chi connectivity index (χ1v) is 6.56. The predicted molar refractivity (Wildman–Crippen MR) is 75.7 cm³/mol. The number of non-ortho nitro benzene ring substituents is 1. The van der Waals surface area contributed by atoms with E-state index < -0.39 is 4.92 Å². The molecule has 20 heavy (non-hydrogen) atoms. The van der Waals surface area contributed by atoms with Crippen molar-refractivity contribution in [2.45, 2.75) is 24.8 Å². The highest BCUT2D eigenvalue weighted by atomic mass is 16.6. The van der Waals surface area contributed by atoms with Crippen LogP contribution in [0.25, 0.3) is 10.9 Å². The lowest BCUT2D eigenvalue weighted by Gasteiger charge is -2.41. The molecule has 6 heteroatoms. The van der Waals surface area contributed by atoms with E-state index in [1.807, 2.05) is 0 Å². The quantitative estimate of drug-likeness (QED) is 0.660. The lowest BCUT2D eigenvalue weighted by molar-refractivity contribution is -0.384. The molecule has 1 saturated carbocycles. The summed E-state index contributed by atoms with van der Waals surface area (Å²) in [4.78, 5) is 14.8. The summed E-state index contributed by atoms with van der Waals surface area (Å²) < 4.78 is 0. The Labute approximate surface area is 115 Å². The highest BCUT2D eigenvalue weighted by Crippen LogP contribution is 2.34. The van der Waals surface area contributed by atoms with Crippen LogP contribution in [-0.4, -0.2) is 27.2 Å². The Morgan fingerprint density at radius 3 is 2.75 bits per heavy atom. The Bertz CT molecular complexity index is 662. The van der Waals surface area contributed by atoms with Crippen molar-refractivity contribution >= 4 is 22.4 Å². The Morgan fingerprint density at radius 1 is 1.35 bits per heavy atom. The second-order valence-electron chi connectivity index (χ2n) is 5.25. The predicted octanol–water partition coefficient (Wildman–Crippen LogP) is 2.47. The van der Waals surface area contributed by atoms with Gasteiger partial charge in [-0.25, -0.2) is 4.98 Å². The number of hydrogen-bond acceptors (Lipinski definition) is 5. The van der Waals surface area contributed by atoms with Gasteiger partial charge in [-0.3, -0.25) is 10.1 Å². The van der Waals surface area contributed by atoms with Crippen molar-refractivity contribution in [3.8, 4) is 0 Å². The molecule has 1 aromatic heterocycles. The van der Waals surface area contributed by atoms with Gasteiger partial charge in [-0.1, -0.05) is 0 Å². The third-order valence-corrected chi connectivity index (χ3v) is 3.89. The number of pyridine rings is 1. The molecule has 104 valence electrons. The van der Waals surface area contributed by atoms with E-state index in [1.54, 1.807) is 18.2 Å². The molecule has 6 nitrogen and oxygen atoms in total. The van der Waals surface area contributed by atoms with Crippen LogP contribution < -0.4 is 5.32 Å². The minimum absolute atomic E-state index is 0.0610. The van der Waals surface area contributed by atoms with Gasteiger partial charge in [0.05, 0.1) is 22.6 Å². The van der Waals surface area contributed by atoms with Gasteiger partial charge in [0, 0.05) is 17.5 Å². The van der Waals surface area contributed by atoms with Gasteiger partial charge in [-0.2, -0.15) is 0 Å². The summed E-state index contributed by atoms with van der Waals surface area (Å²) in [5.41, 5.74) is 0.514. The van der Waals surface area contributed by atoms with E-state index in [1.165, 1.54) is 12.1 Å². The first-order chi connectivity index (χ1) is 9.62. The lowest BCUT2D eigenvalue weighted by atomic mass is 9.77. The SMILES string of the molecule is O=[N+]([O-])c1ccc2nc(NC3(CO)CCC3)ccc2c1. The van der Waals surface area contributed by atoms with Crippen LogP contribution in [0, 0.1) is 10.1 Å². The molecule has 3 rings (SSSR count). The van der Waals surface area contributed by atoms with E-state index in [0.29, 0.717) is 11.3 Å². The van der Waals surface area contributed by atoms with E-state index in [2.05, 4.69) is 10.3 Å². The van der Waals surface area contributed by atoms with Crippen LogP contribution >= 0.6 is 0 Å². The fourth-order valence-corrected chi connectivity index (χ4v) is 2.49. The van der Waals surface area contributed by atoms with Gasteiger partial charge in [0.1, 0.15) is 5.82 Å². The topological polar surface area (TPSA) is 88.3 Å². The smallest absolute Gasteiger partial charge is 0.270 e. The Kier molecular flexibility index (Phi) is 3.02. The summed E-state index contributed by atoms with van der Waals surface area (Å²) in [6, 6.07) is 8.20. The van der Waals surface area contributed by atoms with Crippen LogP contribution in [0.1, 0.15) is 19.3 Å². The molecule has 1 aliphatic carbocycles. The second-order valence-corrected chi connectivity index (χ2v) is 5.25. The number of nitro benzene ring substituents is 1. The zero-order valence-corrected chi connectivity index (χ0v) is 10.9. The summed E-state index contributed by atoms with van der Waals surface area (Å²) in [6.07, 6.45) is 2.97. The molecular weight excluding hydrogens is 258 g/mol. The number of fused-ring (bicyclic) bond motifs is 1. The van der Waals surface area contributed by atoms with Gasteiger partial charge in [-0.05, 0) is 37.5 Å². The maximum absolute atomic E-state index is 10.7. The molecule has 0 aliphatic heterocycles. The van der Waals surface area contributed by atoms with Crippen molar-refractivity contribution < 1.29 is 10.0 Å². The van der Waals surface area contributed by atoms with Gasteiger partial charge < -0.3 is 10.4 Å². The average molecular weight is 273 g/mol. The first kappa shape index (κ1) is 12.8. The molecule has 0 atom stereocenters. The highest BCUT2D eigenvalue weighted by Gasteiger charge is 2.36. The summed E-state index contributed by atoms with van der Waals surface area (Å²) >= 11 is 0. The van der Waals surface area contributed by atoms with E-state index in [0.717, 1.165) is 24.6 Å². The largest absolute Gasteiger partial charge is 0.394 e. The van der Waals surface area contributed by atoms with E-state index in [4.69, 9.17) is 0 Å². The molecule has 0 radical (unpaired) electrons. The molecule has 0 spiro atoms. The molecule has 0 bridgehead atoms. The van der Waals surface area contributed by atoms with Crippen LogP contribution in [0.15, 0.2) is 30.3 Å². The number of hydrogen-bond donors (Lipinski definition) is 2. The van der Waals surface area contributed by atoms with E-state index in [9.17, 15) is 15.2 Å². The molecule has 0 saturated heterocycles. The average Bonchev–Trinajstić information content (AvgIpc) is 2.42. The van der Waals surface area contributed by atoms with Crippen molar-refractivity contribution in [2.75, 3.05) is 11.9 Å². The van der Waals surface area contributed by atoms with Crippen LogP contribution in [-0.2, 0) is 0 Å². The van der Waals surface area contributed by atoms with Crippen molar-refractivity contribution in [1.82, 2.24) is 4.98 Å². The standard InChI is InChI=1S/C14H15N3O3/c18-9-14(6-1-7-14)16-13-5-2-10-8-11(17(19)20)3-4-12(10)15-13/h2-5,8,18H,1,6-7,9H2,(H,15,16). The lowest BCUT2D eigenvalue weighted by Crippen LogP contribution is -2.48. The molecule has 2 aromatic rings. The van der Waals surface area contributed by atoms with Crippen molar-refractivity contribution in [3.05, 3.63) is 40.4 Å². The van der Waals surface area contributed by atoms with Crippen LogP contribution in [0.5, 0.6) is 0 Å². The maximum Gasteiger partial charge on any atom is 0.270 e. The number of nitrogens with one attached hydrogen (secondary N) is 1. The van der Waals surface area contributed by atoms with Crippen LogP contribution in [0.4, 0.5) is 11.5 Å². The van der Waals surface area contributed by atoms with Gasteiger partial charge >= 0.3 is 0 Å². The zero-order valence-electron chi connectivity index (χ0n) is 10.9. The van der Waals surface area contributed by atoms with Gasteiger partial charge in [0.15, 0.2) is 0 Å². The minimum atomic E-state index is -0.416. The number of aliphatic hydroxyl groups excluding tert-OH is 1. The molecule has 1 aromatic carbocycles. The summed E-state index contributed by atoms with van der Waals surface area (Å²) in [7, 11) is 0. The Morgan fingerprint density at radius 2 is 2.15 bits per heavy atom. The number of aromatic nitrogens is 1.